The number of rotatable bonds is 1. The van der Waals surface area contributed by atoms with Crippen LogP contribution in [0.5, 0.6) is 0 Å². The van der Waals surface area contributed by atoms with E-state index >= 15 is 0 Å². The summed E-state index contributed by atoms with van der Waals surface area (Å²) < 4.78 is 0.988. The molecular formula is C5H6BrNOS. The van der Waals surface area contributed by atoms with Crippen molar-refractivity contribution >= 4 is 27.3 Å². The molecule has 0 fully saturated rings. The van der Waals surface area contributed by atoms with Gasteiger partial charge in [0.15, 0.2) is 0 Å². The predicted octanol–water partition coefficient (Wildman–Crippen LogP) is 1.46. The molecule has 0 aliphatic rings. The van der Waals surface area contributed by atoms with Crippen LogP contribution in [0.1, 0.15) is 11.1 Å². The van der Waals surface area contributed by atoms with Gasteiger partial charge in [0.05, 0.1) is 3.79 Å². The van der Waals surface area contributed by atoms with Crippen LogP contribution in [-0.2, 0) is 0 Å². The van der Waals surface area contributed by atoms with Crippen molar-refractivity contribution in [3.05, 3.63) is 20.8 Å². The Morgan fingerprint density at radius 1 is 1.67 bits per heavy atom. The van der Waals surface area contributed by atoms with Crippen LogP contribution in [-0.4, -0.2) is 5.11 Å². The molecule has 1 aromatic heterocycles. The Bertz CT molecular complexity index is 199. The molecule has 1 aromatic rings. The Morgan fingerprint density at radius 3 is 2.56 bits per heavy atom. The van der Waals surface area contributed by atoms with Crippen LogP contribution in [0.2, 0.25) is 0 Å². The molecule has 0 aliphatic heterocycles. The van der Waals surface area contributed by atoms with Gasteiger partial charge in [-0.15, -0.1) is 11.3 Å². The summed E-state index contributed by atoms with van der Waals surface area (Å²) >= 11 is 4.69. The van der Waals surface area contributed by atoms with E-state index < -0.39 is 6.23 Å². The Labute approximate surface area is 65.4 Å². The standard InChI is InChI=1S/C5H6BrNOS/c6-4-2-1-3(9-4)5(7)8/h1-2,5,8H,7H2. The van der Waals surface area contributed by atoms with E-state index in [4.69, 9.17) is 10.8 Å². The lowest BCUT2D eigenvalue weighted by Gasteiger charge is -1.95. The van der Waals surface area contributed by atoms with E-state index in [1.807, 2.05) is 6.07 Å². The second kappa shape index (κ2) is 2.79. The second-order valence-electron chi connectivity index (χ2n) is 1.59. The van der Waals surface area contributed by atoms with Gasteiger partial charge < -0.3 is 10.8 Å². The van der Waals surface area contributed by atoms with Crippen molar-refractivity contribution in [2.75, 3.05) is 0 Å². The number of hydrogen-bond donors (Lipinski definition) is 2. The first-order chi connectivity index (χ1) is 4.20. The smallest absolute Gasteiger partial charge is 0.137 e. The van der Waals surface area contributed by atoms with Gasteiger partial charge in [-0.1, -0.05) is 0 Å². The fourth-order valence-electron chi connectivity index (χ4n) is 0.487. The average molecular weight is 208 g/mol. The minimum absolute atomic E-state index is 0.780. The summed E-state index contributed by atoms with van der Waals surface area (Å²) in [6.07, 6.45) is -0.832. The highest BCUT2D eigenvalue weighted by atomic mass is 79.9. The topological polar surface area (TPSA) is 46.2 Å². The molecule has 1 rings (SSSR count). The molecule has 3 N–H and O–H groups in total. The van der Waals surface area contributed by atoms with Crippen molar-refractivity contribution in [1.29, 1.82) is 0 Å². The third kappa shape index (κ3) is 1.76. The molecule has 0 aromatic carbocycles. The van der Waals surface area contributed by atoms with Gasteiger partial charge in [0, 0.05) is 4.88 Å². The van der Waals surface area contributed by atoms with Crippen LogP contribution in [0.4, 0.5) is 0 Å². The van der Waals surface area contributed by atoms with Gasteiger partial charge in [-0.25, -0.2) is 0 Å². The fourth-order valence-corrected chi connectivity index (χ4v) is 1.80. The summed E-state index contributed by atoms with van der Waals surface area (Å²) in [7, 11) is 0. The first kappa shape index (κ1) is 7.21. The maximum absolute atomic E-state index is 8.80. The zero-order chi connectivity index (χ0) is 6.85. The number of aliphatic hydroxyl groups is 1. The van der Waals surface area contributed by atoms with Crippen molar-refractivity contribution in [2.45, 2.75) is 6.23 Å². The van der Waals surface area contributed by atoms with Crippen molar-refractivity contribution in [2.24, 2.45) is 5.73 Å². The molecule has 1 heterocycles. The van der Waals surface area contributed by atoms with E-state index in [1.165, 1.54) is 11.3 Å². The molecule has 50 valence electrons. The summed E-state index contributed by atoms with van der Waals surface area (Å²) in [6.45, 7) is 0. The SMILES string of the molecule is NC(O)c1ccc(Br)s1. The number of thiophene rings is 1. The first-order valence-electron chi connectivity index (χ1n) is 2.39. The maximum Gasteiger partial charge on any atom is 0.137 e. The third-order valence-electron chi connectivity index (χ3n) is 0.885. The van der Waals surface area contributed by atoms with Gasteiger partial charge in [-0.05, 0) is 28.1 Å². The van der Waals surface area contributed by atoms with Crippen LogP contribution in [0, 0.1) is 0 Å². The van der Waals surface area contributed by atoms with Crippen molar-refractivity contribution < 1.29 is 5.11 Å². The van der Waals surface area contributed by atoms with Gasteiger partial charge in [0.2, 0.25) is 0 Å². The Kier molecular flexibility index (Phi) is 2.23. The van der Waals surface area contributed by atoms with Crippen LogP contribution in [0.25, 0.3) is 0 Å². The highest BCUT2D eigenvalue weighted by Crippen LogP contribution is 2.24. The second-order valence-corrected chi connectivity index (χ2v) is 4.08. The van der Waals surface area contributed by atoms with Gasteiger partial charge in [-0.3, -0.25) is 0 Å². The zero-order valence-electron chi connectivity index (χ0n) is 4.54. The Morgan fingerprint density at radius 2 is 2.33 bits per heavy atom. The Balaban J connectivity index is 2.85. The lowest BCUT2D eigenvalue weighted by Crippen LogP contribution is -2.05. The quantitative estimate of drug-likeness (QED) is 0.686. The van der Waals surface area contributed by atoms with E-state index in [0.717, 1.165) is 8.66 Å². The van der Waals surface area contributed by atoms with Crippen LogP contribution in [0.15, 0.2) is 15.9 Å². The summed E-state index contributed by atoms with van der Waals surface area (Å²) in [4.78, 5) is 0.780. The minimum atomic E-state index is -0.832. The molecule has 0 saturated heterocycles. The molecule has 0 spiro atoms. The van der Waals surface area contributed by atoms with Gasteiger partial charge in [-0.2, -0.15) is 0 Å². The highest BCUT2D eigenvalue weighted by molar-refractivity contribution is 9.11. The normalized spacial score (nSPS) is 13.7. The molecule has 4 heteroatoms. The molecule has 0 aliphatic carbocycles. The molecule has 2 nitrogen and oxygen atoms in total. The number of aliphatic hydroxyl groups excluding tert-OH is 1. The molecule has 0 amide bonds. The Hall–Kier alpha value is 0.1000. The molecule has 0 bridgehead atoms. The lowest BCUT2D eigenvalue weighted by atomic mass is 10.4. The van der Waals surface area contributed by atoms with Crippen LogP contribution in [0.3, 0.4) is 0 Å². The molecule has 9 heavy (non-hydrogen) atoms. The van der Waals surface area contributed by atoms with E-state index in [1.54, 1.807) is 6.07 Å². The molecular weight excluding hydrogens is 202 g/mol. The molecule has 0 radical (unpaired) electrons. The number of hydrogen-bond acceptors (Lipinski definition) is 3. The maximum atomic E-state index is 8.80. The number of halogens is 1. The lowest BCUT2D eigenvalue weighted by molar-refractivity contribution is 0.190. The fraction of sp³-hybridized carbons (Fsp3) is 0.200. The van der Waals surface area contributed by atoms with Crippen molar-refractivity contribution in [3.8, 4) is 0 Å². The van der Waals surface area contributed by atoms with Crippen LogP contribution >= 0.6 is 27.3 Å². The average Bonchev–Trinajstić information content (AvgIpc) is 2.14. The largest absolute Gasteiger partial charge is 0.374 e. The summed E-state index contributed by atoms with van der Waals surface area (Å²) in [6, 6.07) is 3.65. The van der Waals surface area contributed by atoms with E-state index in [-0.39, 0.29) is 0 Å². The van der Waals surface area contributed by atoms with E-state index in [2.05, 4.69) is 15.9 Å². The monoisotopic (exact) mass is 207 g/mol. The van der Waals surface area contributed by atoms with E-state index in [9.17, 15) is 0 Å². The first-order valence-corrected chi connectivity index (χ1v) is 4.00. The summed E-state index contributed by atoms with van der Waals surface area (Å²) in [5.41, 5.74) is 5.17. The van der Waals surface area contributed by atoms with Gasteiger partial charge in [0.25, 0.3) is 0 Å². The van der Waals surface area contributed by atoms with Crippen molar-refractivity contribution in [1.82, 2.24) is 0 Å². The van der Waals surface area contributed by atoms with Crippen LogP contribution < -0.4 is 5.73 Å². The summed E-state index contributed by atoms with van der Waals surface area (Å²) in [5.74, 6) is 0. The van der Waals surface area contributed by atoms with E-state index in [0.29, 0.717) is 0 Å². The zero-order valence-corrected chi connectivity index (χ0v) is 6.95. The molecule has 1 atom stereocenters. The molecule has 1 unspecified atom stereocenters. The summed E-state index contributed by atoms with van der Waals surface area (Å²) in [5, 5.41) is 8.80. The molecule has 0 saturated carbocycles. The van der Waals surface area contributed by atoms with Crippen molar-refractivity contribution in [3.63, 3.8) is 0 Å². The number of nitrogens with two attached hydrogens (primary N) is 1. The van der Waals surface area contributed by atoms with Gasteiger partial charge >= 0.3 is 0 Å². The van der Waals surface area contributed by atoms with Gasteiger partial charge in [0.1, 0.15) is 6.23 Å². The highest BCUT2D eigenvalue weighted by Gasteiger charge is 2.02. The third-order valence-corrected chi connectivity index (χ3v) is 2.58. The predicted molar refractivity (Wildman–Crippen MR) is 41.2 cm³/mol. The minimum Gasteiger partial charge on any atom is -0.374 e.